The predicted molar refractivity (Wildman–Crippen MR) is 116 cm³/mol. The molecule has 0 radical (unpaired) electrons. The Hall–Kier alpha value is -3.19. The van der Waals surface area contributed by atoms with Gasteiger partial charge in [0.05, 0.1) is 18.1 Å². The molecule has 0 aliphatic heterocycles. The lowest BCUT2D eigenvalue weighted by molar-refractivity contribution is 0.0986. The Morgan fingerprint density at radius 1 is 1.21 bits per heavy atom. The van der Waals surface area contributed by atoms with E-state index in [0.717, 1.165) is 34.5 Å². The standard InChI is InChI=1S/C22H22N4O2S/c1-16-9-10-18(28-2)19-20(16)29-22(24-19)26(13-6-12-25-14-11-23-15-25)21(27)17-7-4-3-5-8-17/h3-5,7-11,14-15H,6,12-13H2,1-2H3. The van der Waals surface area contributed by atoms with Crippen molar-refractivity contribution < 1.29 is 9.53 Å². The lowest BCUT2D eigenvalue weighted by atomic mass is 10.2. The lowest BCUT2D eigenvalue weighted by Crippen LogP contribution is -2.32. The summed E-state index contributed by atoms with van der Waals surface area (Å²) in [6.45, 7) is 3.39. The fourth-order valence-corrected chi connectivity index (χ4v) is 4.31. The molecule has 29 heavy (non-hydrogen) atoms. The fourth-order valence-electron chi connectivity index (χ4n) is 3.23. The molecule has 0 atom stereocenters. The first-order valence-electron chi connectivity index (χ1n) is 9.44. The molecular weight excluding hydrogens is 384 g/mol. The molecule has 1 amide bonds. The van der Waals surface area contributed by atoms with Crippen LogP contribution in [0.1, 0.15) is 22.3 Å². The Labute approximate surface area is 173 Å². The molecular formula is C22H22N4O2S. The molecule has 2 heterocycles. The summed E-state index contributed by atoms with van der Waals surface area (Å²) in [6, 6.07) is 13.3. The lowest BCUT2D eigenvalue weighted by Gasteiger charge is -2.20. The topological polar surface area (TPSA) is 60.2 Å². The van der Waals surface area contributed by atoms with Gasteiger partial charge < -0.3 is 9.30 Å². The van der Waals surface area contributed by atoms with Gasteiger partial charge in [-0.1, -0.05) is 35.6 Å². The van der Waals surface area contributed by atoms with Crippen molar-refractivity contribution in [2.75, 3.05) is 18.6 Å². The average molecular weight is 407 g/mol. The first kappa shape index (κ1) is 19.1. The number of hydrogen-bond donors (Lipinski definition) is 0. The molecule has 2 aromatic carbocycles. The number of rotatable bonds is 7. The molecule has 0 N–H and O–H groups in total. The van der Waals surface area contributed by atoms with Gasteiger partial charge in [0, 0.05) is 31.0 Å². The van der Waals surface area contributed by atoms with Crippen LogP contribution in [0.2, 0.25) is 0 Å². The molecule has 4 rings (SSSR count). The van der Waals surface area contributed by atoms with E-state index < -0.39 is 0 Å². The van der Waals surface area contributed by atoms with Crippen LogP contribution in [0.4, 0.5) is 5.13 Å². The van der Waals surface area contributed by atoms with Crippen molar-refractivity contribution in [1.82, 2.24) is 14.5 Å². The molecule has 7 heteroatoms. The molecule has 2 aromatic heterocycles. The molecule has 0 aliphatic rings. The van der Waals surface area contributed by atoms with Crippen LogP contribution in [0.15, 0.2) is 61.2 Å². The van der Waals surface area contributed by atoms with Crippen molar-refractivity contribution in [2.45, 2.75) is 19.9 Å². The third-order valence-corrected chi connectivity index (χ3v) is 5.98. The molecule has 4 aromatic rings. The number of carbonyl (C=O) groups excluding carboxylic acids is 1. The molecule has 0 unspecified atom stereocenters. The fraction of sp³-hybridized carbons (Fsp3) is 0.227. The van der Waals surface area contributed by atoms with Crippen molar-refractivity contribution in [1.29, 1.82) is 0 Å². The number of aryl methyl sites for hydroxylation is 2. The number of thiazole rings is 1. The minimum Gasteiger partial charge on any atom is -0.494 e. The maximum Gasteiger partial charge on any atom is 0.260 e. The van der Waals surface area contributed by atoms with E-state index in [0.29, 0.717) is 17.2 Å². The minimum atomic E-state index is -0.0492. The number of imidazole rings is 1. The Balaban J connectivity index is 1.68. The van der Waals surface area contributed by atoms with Crippen molar-refractivity contribution in [3.05, 3.63) is 72.3 Å². The summed E-state index contributed by atoms with van der Waals surface area (Å²) in [7, 11) is 1.64. The van der Waals surface area contributed by atoms with Crippen LogP contribution in [0.5, 0.6) is 5.75 Å². The number of amides is 1. The summed E-state index contributed by atoms with van der Waals surface area (Å²) in [4.78, 5) is 23.9. The molecule has 0 aliphatic carbocycles. The number of benzene rings is 2. The molecule has 6 nitrogen and oxygen atoms in total. The number of ether oxygens (including phenoxy) is 1. The molecule has 0 fully saturated rings. The monoisotopic (exact) mass is 406 g/mol. The van der Waals surface area contributed by atoms with Gasteiger partial charge in [-0.15, -0.1) is 0 Å². The van der Waals surface area contributed by atoms with Gasteiger partial charge in [0.15, 0.2) is 5.13 Å². The van der Waals surface area contributed by atoms with Gasteiger partial charge in [-0.2, -0.15) is 0 Å². The van der Waals surface area contributed by atoms with Gasteiger partial charge in [0.25, 0.3) is 5.91 Å². The summed E-state index contributed by atoms with van der Waals surface area (Å²) >= 11 is 1.53. The zero-order valence-electron chi connectivity index (χ0n) is 16.4. The first-order chi connectivity index (χ1) is 14.2. The second kappa shape index (κ2) is 8.45. The maximum absolute atomic E-state index is 13.3. The van der Waals surface area contributed by atoms with Gasteiger partial charge in [0.1, 0.15) is 11.3 Å². The zero-order valence-corrected chi connectivity index (χ0v) is 17.2. The zero-order chi connectivity index (χ0) is 20.2. The van der Waals surface area contributed by atoms with Crippen molar-refractivity contribution in [2.24, 2.45) is 0 Å². The van der Waals surface area contributed by atoms with Crippen molar-refractivity contribution in [3.8, 4) is 5.75 Å². The Bertz CT molecular complexity index is 1110. The number of methoxy groups -OCH3 is 1. The average Bonchev–Trinajstić information content (AvgIpc) is 3.42. The largest absolute Gasteiger partial charge is 0.494 e. The van der Waals surface area contributed by atoms with Crippen LogP contribution in [-0.2, 0) is 6.54 Å². The normalized spacial score (nSPS) is 11.0. The number of carbonyl (C=O) groups is 1. The van der Waals surface area contributed by atoms with Gasteiger partial charge in [-0.05, 0) is 37.1 Å². The van der Waals surface area contributed by atoms with Crippen LogP contribution < -0.4 is 9.64 Å². The minimum absolute atomic E-state index is 0.0492. The Morgan fingerprint density at radius 2 is 2.03 bits per heavy atom. The number of fused-ring (bicyclic) bond motifs is 1. The second-order valence-electron chi connectivity index (χ2n) is 6.74. The van der Waals surface area contributed by atoms with E-state index in [1.807, 2.05) is 60.2 Å². The van der Waals surface area contributed by atoms with E-state index in [1.165, 1.54) is 11.3 Å². The van der Waals surface area contributed by atoms with E-state index in [2.05, 4.69) is 4.98 Å². The third-order valence-electron chi connectivity index (χ3n) is 4.77. The quantitative estimate of drug-likeness (QED) is 0.452. The summed E-state index contributed by atoms with van der Waals surface area (Å²) in [5, 5.41) is 0.687. The smallest absolute Gasteiger partial charge is 0.260 e. The molecule has 0 spiro atoms. The van der Waals surface area contributed by atoms with E-state index in [4.69, 9.17) is 9.72 Å². The SMILES string of the molecule is COc1ccc(C)c2sc(N(CCCn3ccnc3)C(=O)c3ccccc3)nc12. The number of aromatic nitrogens is 3. The highest BCUT2D eigenvalue weighted by atomic mass is 32.1. The van der Waals surface area contributed by atoms with E-state index in [-0.39, 0.29) is 5.91 Å². The van der Waals surface area contributed by atoms with Gasteiger partial charge >= 0.3 is 0 Å². The van der Waals surface area contributed by atoms with Gasteiger partial charge in [-0.3, -0.25) is 9.69 Å². The molecule has 0 saturated heterocycles. The van der Waals surface area contributed by atoms with E-state index in [1.54, 1.807) is 24.5 Å². The van der Waals surface area contributed by atoms with E-state index >= 15 is 0 Å². The maximum atomic E-state index is 13.3. The summed E-state index contributed by atoms with van der Waals surface area (Å²) in [5.41, 5.74) is 2.57. The first-order valence-corrected chi connectivity index (χ1v) is 10.3. The summed E-state index contributed by atoms with van der Waals surface area (Å²) in [5.74, 6) is 0.672. The molecule has 0 bridgehead atoms. The summed E-state index contributed by atoms with van der Waals surface area (Å²) in [6.07, 6.45) is 6.26. The molecule has 0 saturated carbocycles. The van der Waals surface area contributed by atoms with Gasteiger partial charge in [-0.25, -0.2) is 9.97 Å². The van der Waals surface area contributed by atoms with Crippen LogP contribution >= 0.6 is 11.3 Å². The highest BCUT2D eigenvalue weighted by molar-refractivity contribution is 7.22. The predicted octanol–water partition coefficient (Wildman–Crippen LogP) is 4.55. The number of hydrogen-bond acceptors (Lipinski definition) is 5. The van der Waals surface area contributed by atoms with Crippen LogP contribution in [0, 0.1) is 6.92 Å². The van der Waals surface area contributed by atoms with E-state index in [9.17, 15) is 4.79 Å². The summed E-state index contributed by atoms with van der Waals surface area (Å²) < 4.78 is 8.53. The second-order valence-corrected chi connectivity index (χ2v) is 7.71. The van der Waals surface area contributed by atoms with Crippen LogP contribution in [-0.4, -0.2) is 34.1 Å². The Kier molecular flexibility index (Phi) is 5.57. The highest BCUT2D eigenvalue weighted by Gasteiger charge is 2.22. The van der Waals surface area contributed by atoms with Crippen molar-refractivity contribution >= 4 is 32.6 Å². The molecule has 148 valence electrons. The third kappa shape index (κ3) is 4.00. The van der Waals surface area contributed by atoms with Crippen molar-refractivity contribution in [3.63, 3.8) is 0 Å². The highest BCUT2D eigenvalue weighted by Crippen LogP contribution is 2.36. The number of nitrogens with zero attached hydrogens (tertiary/aromatic N) is 4. The number of anilines is 1. The Morgan fingerprint density at radius 3 is 2.76 bits per heavy atom. The van der Waals surface area contributed by atoms with Gasteiger partial charge in [0.2, 0.25) is 0 Å². The van der Waals surface area contributed by atoms with Crippen LogP contribution in [0.3, 0.4) is 0 Å². The van der Waals surface area contributed by atoms with Crippen LogP contribution in [0.25, 0.3) is 10.2 Å².